The van der Waals surface area contributed by atoms with E-state index in [1.807, 2.05) is 0 Å². The second-order valence-corrected chi connectivity index (χ2v) is 11.2. The van der Waals surface area contributed by atoms with Crippen LogP contribution in [0.25, 0.3) is 0 Å². The number of methoxy groups -OCH3 is 1. The monoisotopic (exact) mass is 616 g/mol. The number of ketones is 3. The van der Waals surface area contributed by atoms with E-state index in [-0.39, 0.29) is 34.4 Å². The molecule has 5 rings (SSSR count). The Morgan fingerprint density at radius 1 is 1.16 bits per heavy atom. The number of aromatic hydroxyl groups is 2. The zero-order valence-corrected chi connectivity index (χ0v) is 24.6. The molecule has 1 heterocycles. The van der Waals surface area contributed by atoms with Crippen LogP contribution in [0.15, 0.2) is 18.2 Å². The van der Waals surface area contributed by atoms with Crippen molar-refractivity contribution < 1.29 is 58.9 Å². The van der Waals surface area contributed by atoms with Crippen LogP contribution in [0.4, 0.5) is 0 Å². The normalized spacial score (nSPS) is 27.2. The van der Waals surface area contributed by atoms with Crippen LogP contribution >= 0.6 is 0 Å². The van der Waals surface area contributed by atoms with E-state index in [0.717, 1.165) is 6.41 Å². The van der Waals surface area contributed by atoms with E-state index >= 15 is 0 Å². The highest BCUT2D eigenvalue weighted by Gasteiger charge is 2.50. The Kier molecular flexibility index (Phi) is 9.44. The summed E-state index contributed by atoms with van der Waals surface area (Å²) in [6, 6.07) is 3.64. The molecule has 0 spiro atoms. The van der Waals surface area contributed by atoms with Gasteiger partial charge in [0, 0.05) is 56.1 Å². The van der Waals surface area contributed by atoms with E-state index in [0.29, 0.717) is 0 Å². The molecule has 14 nitrogen and oxygen atoms in total. The van der Waals surface area contributed by atoms with Crippen molar-refractivity contribution in [2.45, 2.75) is 62.4 Å². The first-order chi connectivity index (χ1) is 20.7. The highest BCUT2D eigenvalue weighted by molar-refractivity contribution is 6.31. The summed E-state index contributed by atoms with van der Waals surface area (Å²) in [5.74, 6) is -3.77. The van der Waals surface area contributed by atoms with Crippen LogP contribution in [-0.2, 0) is 25.5 Å². The molecule has 44 heavy (non-hydrogen) atoms. The van der Waals surface area contributed by atoms with Gasteiger partial charge in [0.2, 0.25) is 12.2 Å². The molecule has 0 radical (unpaired) electrons. The number of phenolic OH excluding ortho intramolecular Hbond substituents is 2. The summed E-state index contributed by atoms with van der Waals surface area (Å²) < 4.78 is 17.0. The van der Waals surface area contributed by atoms with Gasteiger partial charge in [-0.1, -0.05) is 12.1 Å². The third kappa shape index (κ3) is 5.67. The summed E-state index contributed by atoms with van der Waals surface area (Å²) in [6.07, 6.45) is -4.37. The van der Waals surface area contributed by atoms with E-state index in [1.54, 1.807) is 21.0 Å². The van der Waals surface area contributed by atoms with Gasteiger partial charge >= 0.3 is 0 Å². The Labute approximate surface area is 252 Å². The molecule has 1 amide bonds. The van der Waals surface area contributed by atoms with E-state index in [1.165, 1.54) is 30.2 Å². The van der Waals surface area contributed by atoms with Gasteiger partial charge in [-0.2, -0.15) is 0 Å². The van der Waals surface area contributed by atoms with E-state index in [9.17, 15) is 44.7 Å². The highest BCUT2D eigenvalue weighted by atomic mass is 16.7. The van der Waals surface area contributed by atoms with Crippen molar-refractivity contribution in [1.82, 2.24) is 4.90 Å². The van der Waals surface area contributed by atoms with Crippen molar-refractivity contribution in [3.63, 3.8) is 0 Å². The number of ether oxygens (including phenoxy) is 3. The summed E-state index contributed by atoms with van der Waals surface area (Å²) in [7, 11) is 4.70. The van der Waals surface area contributed by atoms with E-state index in [4.69, 9.17) is 19.9 Å². The number of nitrogens with two attached hydrogens (primary N) is 1. The van der Waals surface area contributed by atoms with Crippen molar-refractivity contribution in [3.8, 4) is 17.2 Å². The fraction of sp³-hybridized carbons (Fsp3) is 0.467. The number of nitrogens with zero attached hydrogens (tertiary/aromatic N) is 1. The Morgan fingerprint density at radius 3 is 2.36 bits per heavy atom. The molecule has 6 atom stereocenters. The quantitative estimate of drug-likeness (QED) is 0.155. The first-order valence-electron chi connectivity index (χ1n) is 13.8. The van der Waals surface area contributed by atoms with Gasteiger partial charge in [-0.15, -0.1) is 0 Å². The van der Waals surface area contributed by atoms with Gasteiger partial charge in [0.1, 0.15) is 29.5 Å². The highest BCUT2D eigenvalue weighted by Crippen LogP contribution is 2.52. The number of hydrogen-bond donors (Lipinski definition) is 6. The predicted molar refractivity (Wildman–Crippen MR) is 152 cm³/mol. The Morgan fingerprint density at radius 2 is 1.80 bits per heavy atom. The van der Waals surface area contributed by atoms with Gasteiger partial charge in [0.05, 0.1) is 42.1 Å². The number of phenols is 2. The van der Waals surface area contributed by atoms with Crippen LogP contribution in [0.5, 0.6) is 17.2 Å². The van der Waals surface area contributed by atoms with E-state index < -0.39 is 95.7 Å². The summed E-state index contributed by atoms with van der Waals surface area (Å²) in [5.41, 5.74) is 2.37. The van der Waals surface area contributed by atoms with Crippen LogP contribution in [0.2, 0.25) is 0 Å². The van der Waals surface area contributed by atoms with Crippen LogP contribution in [-0.4, -0.2) is 112 Å². The smallest absolute Gasteiger partial charge is 0.209 e. The summed E-state index contributed by atoms with van der Waals surface area (Å²) in [5, 5.41) is 53.7. The molecule has 238 valence electrons. The third-order valence-corrected chi connectivity index (χ3v) is 8.02. The van der Waals surface area contributed by atoms with Gasteiger partial charge < -0.3 is 50.4 Å². The number of fused-ring (bicyclic) bond motifs is 3. The number of Topliss-reactive ketones (excluding diaryl/α,β-unsaturated/α-hetero) is 1. The first kappa shape index (κ1) is 33.0. The maximum atomic E-state index is 13.6. The minimum absolute atomic E-state index is 0.0173. The van der Waals surface area contributed by atoms with Crippen molar-refractivity contribution in [2.24, 2.45) is 5.73 Å². The lowest BCUT2D eigenvalue weighted by atomic mass is 9.72. The molecular weight excluding hydrogens is 580 g/mol. The van der Waals surface area contributed by atoms with Crippen molar-refractivity contribution >= 4 is 23.8 Å². The van der Waals surface area contributed by atoms with Gasteiger partial charge in [-0.3, -0.25) is 19.2 Å². The number of aliphatic hydroxyl groups is 3. The summed E-state index contributed by atoms with van der Waals surface area (Å²) in [6.45, 7) is 0.560. The molecule has 1 saturated heterocycles. The Bertz CT molecular complexity index is 1480. The van der Waals surface area contributed by atoms with Crippen LogP contribution < -0.4 is 10.5 Å². The van der Waals surface area contributed by atoms with Crippen molar-refractivity contribution in [1.29, 1.82) is 0 Å². The molecule has 0 unspecified atom stereocenters. The zero-order chi connectivity index (χ0) is 32.7. The molecule has 1 aliphatic heterocycles. The second kappa shape index (κ2) is 12.6. The fourth-order valence-corrected chi connectivity index (χ4v) is 5.75. The Hall–Kier alpha value is -3.92. The SMILES string of the molecule is CN(C)C=O.COc1cccc2c1C(=O)c1c(O)c3c(c(O)c1C2=O)C[C@@](O)(C(=O)CO)C[C@@H]3O[C@H]1C[C@H](N)[C@H](O)[C@H](C)O1. The number of rotatable bonds is 6. The molecule has 2 aliphatic carbocycles. The van der Waals surface area contributed by atoms with Crippen molar-refractivity contribution in [2.75, 3.05) is 27.8 Å². The molecule has 0 aromatic heterocycles. The molecule has 3 aliphatic rings. The first-order valence-corrected chi connectivity index (χ1v) is 13.8. The van der Waals surface area contributed by atoms with Crippen LogP contribution in [0, 0.1) is 0 Å². The Balaban J connectivity index is 0.000000818. The molecule has 14 heteroatoms. The second-order valence-electron chi connectivity index (χ2n) is 11.2. The number of carbonyl (C=O) groups excluding carboxylic acids is 4. The number of amides is 1. The van der Waals surface area contributed by atoms with Crippen LogP contribution in [0.1, 0.15) is 68.8 Å². The topological polar surface area (TPSA) is 226 Å². The number of hydrogen-bond acceptors (Lipinski definition) is 13. The lowest BCUT2D eigenvalue weighted by Crippen LogP contribution is -2.53. The van der Waals surface area contributed by atoms with E-state index in [2.05, 4.69) is 0 Å². The fourth-order valence-electron chi connectivity index (χ4n) is 5.75. The minimum Gasteiger partial charge on any atom is -0.507 e. The number of benzene rings is 2. The van der Waals surface area contributed by atoms with Crippen LogP contribution in [0.3, 0.4) is 0 Å². The largest absolute Gasteiger partial charge is 0.507 e. The summed E-state index contributed by atoms with van der Waals surface area (Å²) in [4.78, 5) is 50.6. The van der Waals surface area contributed by atoms with Gasteiger partial charge in [-0.25, -0.2) is 0 Å². The van der Waals surface area contributed by atoms with Crippen molar-refractivity contribution in [3.05, 3.63) is 51.6 Å². The predicted octanol–water partition coefficient (Wildman–Crippen LogP) is -0.294. The average molecular weight is 617 g/mol. The zero-order valence-electron chi connectivity index (χ0n) is 24.6. The molecule has 1 fully saturated rings. The third-order valence-electron chi connectivity index (χ3n) is 8.02. The average Bonchev–Trinajstić information content (AvgIpc) is 2.99. The van der Waals surface area contributed by atoms with Gasteiger partial charge in [0.15, 0.2) is 17.9 Å². The van der Waals surface area contributed by atoms with Gasteiger partial charge in [-0.05, 0) is 13.0 Å². The lowest BCUT2D eigenvalue weighted by Gasteiger charge is -2.42. The number of aliphatic hydroxyl groups excluding tert-OH is 2. The molecule has 2 aromatic carbocycles. The lowest BCUT2D eigenvalue weighted by molar-refractivity contribution is -0.247. The molecular formula is C30H36N2O12. The molecule has 0 bridgehead atoms. The molecule has 2 aromatic rings. The molecule has 0 saturated carbocycles. The minimum atomic E-state index is -2.24. The molecule has 7 N–H and O–H groups in total. The standard InChI is InChI=1S/C27H29NO11.C3H7NO/c1-10-22(31)13(28)6-17(38-10)39-15-8-27(36,16(30)9-29)7-12-19(15)26(35)21-20(24(12)33)23(32)11-4-3-5-14(37-2)18(11)25(21)34;1-4(2)3-5/h3-5,10,13,15,17,22,29,31,33,35-36H,6-9,28H2,1-2H3;3H,1-2H3/t10-,13-,15-,17-,22+,27-;/m0./s1. The van der Waals surface area contributed by atoms with Gasteiger partial charge in [0.25, 0.3) is 0 Å². The summed E-state index contributed by atoms with van der Waals surface area (Å²) >= 11 is 0. The maximum absolute atomic E-state index is 13.6. The maximum Gasteiger partial charge on any atom is 0.209 e. The number of carbonyl (C=O) groups is 4.